The van der Waals surface area contributed by atoms with Gasteiger partial charge in [0.2, 0.25) is 11.8 Å². The van der Waals surface area contributed by atoms with E-state index in [0.717, 1.165) is 44.3 Å². The van der Waals surface area contributed by atoms with Crippen molar-refractivity contribution in [2.24, 2.45) is 11.7 Å². The van der Waals surface area contributed by atoms with E-state index in [4.69, 9.17) is 5.73 Å². The fourth-order valence-electron chi connectivity index (χ4n) is 4.26. The van der Waals surface area contributed by atoms with E-state index in [1.165, 1.54) is 16.5 Å². The highest BCUT2D eigenvalue weighted by Gasteiger charge is 2.23. The zero-order valence-electron chi connectivity index (χ0n) is 16.6. The van der Waals surface area contributed by atoms with Crippen molar-refractivity contribution >= 4 is 22.7 Å². The highest BCUT2D eigenvalue weighted by Crippen LogP contribution is 2.24. The molecule has 2 aromatic carbocycles. The number of para-hydroxylation sites is 1. The molecule has 150 valence electrons. The number of primary amides is 1. The third-order valence-corrected chi connectivity index (χ3v) is 6.01. The van der Waals surface area contributed by atoms with Gasteiger partial charge >= 0.3 is 0 Å². The lowest BCUT2D eigenvalue weighted by Crippen LogP contribution is -2.39. The Morgan fingerprint density at radius 3 is 2.48 bits per heavy atom. The van der Waals surface area contributed by atoms with Gasteiger partial charge in [-0.3, -0.25) is 9.59 Å². The summed E-state index contributed by atoms with van der Waals surface area (Å²) in [5, 5.41) is 1.21. The molecule has 5 nitrogen and oxygen atoms in total. The van der Waals surface area contributed by atoms with Crippen LogP contribution in [0.5, 0.6) is 0 Å². The number of nitrogens with one attached hydrogen (secondary N) is 1. The van der Waals surface area contributed by atoms with E-state index in [0.29, 0.717) is 17.9 Å². The number of fused-ring (bicyclic) bond motifs is 1. The largest absolute Gasteiger partial charge is 0.366 e. The van der Waals surface area contributed by atoms with E-state index in [2.05, 4.69) is 17.1 Å². The second-order valence-electron chi connectivity index (χ2n) is 7.95. The molecule has 3 aromatic rings. The second-order valence-corrected chi connectivity index (χ2v) is 7.95. The number of aromatic nitrogens is 1. The topological polar surface area (TPSA) is 79.2 Å². The maximum atomic E-state index is 12.7. The Balaban J connectivity index is 1.25. The summed E-state index contributed by atoms with van der Waals surface area (Å²) >= 11 is 0. The van der Waals surface area contributed by atoms with Gasteiger partial charge in [-0.25, -0.2) is 0 Å². The van der Waals surface area contributed by atoms with Crippen molar-refractivity contribution in [3.8, 4) is 0 Å². The first-order chi connectivity index (χ1) is 14.1. The zero-order chi connectivity index (χ0) is 20.2. The number of amides is 2. The fourth-order valence-corrected chi connectivity index (χ4v) is 4.26. The van der Waals surface area contributed by atoms with Gasteiger partial charge in [-0.15, -0.1) is 0 Å². The van der Waals surface area contributed by atoms with E-state index in [1.54, 1.807) is 12.1 Å². The molecule has 5 heteroatoms. The summed E-state index contributed by atoms with van der Waals surface area (Å²) in [6.07, 6.45) is 6.38. The Morgan fingerprint density at radius 1 is 1.03 bits per heavy atom. The first kappa shape index (κ1) is 19.2. The van der Waals surface area contributed by atoms with Crippen LogP contribution in [0, 0.1) is 5.92 Å². The Hall–Kier alpha value is -3.08. The Morgan fingerprint density at radius 2 is 1.76 bits per heavy atom. The molecule has 0 bridgehead atoms. The molecule has 0 aliphatic carbocycles. The number of carbonyl (C=O) groups excluding carboxylic acids is 2. The van der Waals surface area contributed by atoms with Crippen LogP contribution in [0.25, 0.3) is 10.9 Å². The highest BCUT2D eigenvalue weighted by molar-refractivity contribution is 5.92. The summed E-state index contributed by atoms with van der Waals surface area (Å²) in [6, 6.07) is 15.8. The summed E-state index contributed by atoms with van der Waals surface area (Å²) in [5.74, 6) is 0.433. The van der Waals surface area contributed by atoms with Crippen molar-refractivity contribution in [3.63, 3.8) is 0 Å². The predicted octanol–water partition coefficient (Wildman–Crippen LogP) is 3.68. The first-order valence-electron chi connectivity index (χ1n) is 10.3. The van der Waals surface area contributed by atoms with Gasteiger partial charge < -0.3 is 15.6 Å². The number of rotatable bonds is 6. The molecule has 0 atom stereocenters. The number of H-pyrrole nitrogens is 1. The number of benzene rings is 2. The molecule has 1 aliphatic heterocycles. The van der Waals surface area contributed by atoms with E-state index >= 15 is 0 Å². The number of piperidine rings is 1. The SMILES string of the molecule is NC(=O)c1ccc(CC2CCN(C(=O)CCc3c[nH]c4ccccc34)CC2)cc1. The van der Waals surface area contributed by atoms with Crippen LogP contribution >= 0.6 is 0 Å². The van der Waals surface area contributed by atoms with Crippen LogP contribution in [0.1, 0.15) is 40.7 Å². The molecule has 2 amide bonds. The van der Waals surface area contributed by atoms with Gasteiger partial charge in [0.25, 0.3) is 0 Å². The highest BCUT2D eigenvalue weighted by atomic mass is 16.2. The molecule has 0 unspecified atom stereocenters. The van der Waals surface area contributed by atoms with Crippen molar-refractivity contribution in [2.45, 2.75) is 32.1 Å². The smallest absolute Gasteiger partial charge is 0.248 e. The number of aromatic amines is 1. The molecule has 1 aliphatic rings. The number of nitrogens with two attached hydrogens (primary N) is 1. The van der Waals surface area contributed by atoms with Crippen molar-refractivity contribution in [3.05, 3.63) is 71.4 Å². The third kappa shape index (κ3) is 4.50. The Labute approximate surface area is 170 Å². The van der Waals surface area contributed by atoms with Crippen molar-refractivity contribution in [1.82, 2.24) is 9.88 Å². The maximum absolute atomic E-state index is 12.7. The van der Waals surface area contributed by atoms with Gasteiger partial charge in [-0.05, 0) is 60.9 Å². The maximum Gasteiger partial charge on any atom is 0.248 e. The van der Waals surface area contributed by atoms with E-state index in [9.17, 15) is 9.59 Å². The second kappa shape index (κ2) is 8.52. The Kier molecular flexibility index (Phi) is 5.65. The van der Waals surface area contributed by atoms with E-state index in [1.807, 2.05) is 35.4 Å². The average molecular weight is 389 g/mol. The van der Waals surface area contributed by atoms with Crippen molar-refractivity contribution < 1.29 is 9.59 Å². The Bertz CT molecular complexity index is 998. The molecule has 0 spiro atoms. The van der Waals surface area contributed by atoms with Crippen LogP contribution < -0.4 is 5.73 Å². The van der Waals surface area contributed by atoms with Crippen LogP contribution in [0.4, 0.5) is 0 Å². The molecule has 0 radical (unpaired) electrons. The molecule has 1 fully saturated rings. The monoisotopic (exact) mass is 389 g/mol. The minimum atomic E-state index is -0.393. The predicted molar refractivity (Wildman–Crippen MR) is 115 cm³/mol. The molecular formula is C24H27N3O2. The molecule has 29 heavy (non-hydrogen) atoms. The third-order valence-electron chi connectivity index (χ3n) is 6.01. The van der Waals surface area contributed by atoms with Gasteiger partial charge in [-0.2, -0.15) is 0 Å². The average Bonchev–Trinajstić information content (AvgIpc) is 3.16. The van der Waals surface area contributed by atoms with E-state index < -0.39 is 5.91 Å². The van der Waals surface area contributed by atoms with Gasteiger partial charge in [-0.1, -0.05) is 30.3 Å². The van der Waals surface area contributed by atoms with Crippen molar-refractivity contribution in [2.75, 3.05) is 13.1 Å². The molecule has 0 saturated carbocycles. The fraction of sp³-hybridized carbons (Fsp3) is 0.333. The summed E-state index contributed by atoms with van der Waals surface area (Å²) in [7, 11) is 0. The molecule has 2 heterocycles. The summed E-state index contributed by atoms with van der Waals surface area (Å²) in [6.45, 7) is 1.66. The lowest BCUT2D eigenvalue weighted by molar-refractivity contribution is -0.132. The lowest BCUT2D eigenvalue weighted by Gasteiger charge is -2.32. The first-order valence-corrected chi connectivity index (χ1v) is 10.3. The summed E-state index contributed by atoms with van der Waals surface area (Å²) in [5.41, 5.74) is 9.40. The minimum absolute atomic E-state index is 0.250. The van der Waals surface area contributed by atoms with Crippen LogP contribution in [0.15, 0.2) is 54.7 Å². The van der Waals surface area contributed by atoms with Crippen LogP contribution in [-0.2, 0) is 17.6 Å². The molecule has 1 aromatic heterocycles. The van der Waals surface area contributed by atoms with Gasteiger partial charge in [0.15, 0.2) is 0 Å². The quantitative estimate of drug-likeness (QED) is 0.674. The van der Waals surface area contributed by atoms with Gasteiger partial charge in [0.05, 0.1) is 0 Å². The zero-order valence-corrected chi connectivity index (χ0v) is 16.6. The summed E-state index contributed by atoms with van der Waals surface area (Å²) < 4.78 is 0. The van der Waals surface area contributed by atoms with Crippen LogP contribution in [0.3, 0.4) is 0 Å². The van der Waals surface area contributed by atoms with Crippen molar-refractivity contribution in [1.29, 1.82) is 0 Å². The van der Waals surface area contributed by atoms with E-state index in [-0.39, 0.29) is 5.91 Å². The number of hydrogen-bond acceptors (Lipinski definition) is 2. The van der Waals surface area contributed by atoms with Gasteiger partial charge in [0, 0.05) is 42.2 Å². The van der Waals surface area contributed by atoms with Gasteiger partial charge in [0.1, 0.15) is 0 Å². The number of aryl methyl sites for hydroxylation is 1. The molecule has 4 rings (SSSR count). The molecule has 1 saturated heterocycles. The molecule has 3 N–H and O–H groups in total. The minimum Gasteiger partial charge on any atom is -0.366 e. The number of nitrogens with zero attached hydrogens (tertiary/aromatic N) is 1. The normalized spacial score (nSPS) is 15.0. The number of carbonyl (C=O) groups is 2. The standard InChI is InChI=1S/C24H27N3O2/c25-24(29)19-7-5-17(6-8-19)15-18-11-13-27(14-12-18)23(28)10-9-20-16-26-22-4-2-1-3-21(20)22/h1-8,16,18,26H,9-15H2,(H2,25,29). The molecular weight excluding hydrogens is 362 g/mol. The number of hydrogen-bond donors (Lipinski definition) is 2. The van der Waals surface area contributed by atoms with Crippen LogP contribution in [-0.4, -0.2) is 34.8 Å². The number of likely N-dealkylation sites (tertiary alicyclic amines) is 1. The lowest BCUT2D eigenvalue weighted by atomic mass is 9.89. The van der Waals surface area contributed by atoms with Crippen LogP contribution in [0.2, 0.25) is 0 Å². The summed E-state index contributed by atoms with van der Waals surface area (Å²) in [4.78, 5) is 29.1.